The first-order valence-electron chi connectivity index (χ1n) is 9.93. The van der Waals surface area contributed by atoms with Gasteiger partial charge in [0.2, 0.25) is 0 Å². The molecule has 0 bridgehead atoms. The van der Waals surface area contributed by atoms with Crippen LogP contribution >= 0.6 is 0 Å². The second-order valence-electron chi connectivity index (χ2n) is 7.88. The third kappa shape index (κ3) is 4.95. The lowest BCUT2D eigenvalue weighted by Crippen LogP contribution is -2.39. The van der Waals surface area contributed by atoms with E-state index in [4.69, 9.17) is 0 Å². The fraction of sp³-hybridized carbons (Fsp3) is 0.348. The van der Waals surface area contributed by atoms with Crippen LogP contribution in [-0.4, -0.2) is 47.9 Å². The number of benzene rings is 2. The van der Waals surface area contributed by atoms with Crippen molar-refractivity contribution in [2.75, 3.05) is 31.5 Å². The zero-order valence-corrected chi connectivity index (χ0v) is 17.2. The van der Waals surface area contributed by atoms with Gasteiger partial charge in [-0.25, -0.2) is 9.18 Å². The van der Waals surface area contributed by atoms with Gasteiger partial charge in [-0.05, 0) is 62.2 Å². The smallest absolute Gasteiger partial charge is 0.321 e. The molecular weight excluding hydrogens is 383 g/mol. The number of hydrogen-bond acceptors (Lipinski definition) is 3. The van der Waals surface area contributed by atoms with Gasteiger partial charge in [-0.2, -0.15) is 5.26 Å². The fourth-order valence-corrected chi connectivity index (χ4v) is 3.34. The SMILES string of the molecule is CC(C)(C#N)c1ccc(NC(=O)N2CCCN(C(=O)c3ccc(F)cc3)CC2)cc1. The van der Waals surface area contributed by atoms with Crippen molar-refractivity contribution in [2.45, 2.75) is 25.7 Å². The average molecular weight is 408 g/mol. The van der Waals surface area contributed by atoms with E-state index in [1.807, 2.05) is 26.0 Å². The summed E-state index contributed by atoms with van der Waals surface area (Å²) in [5, 5.41) is 12.1. The number of rotatable bonds is 3. The van der Waals surface area contributed by atoms with Gasteiger partial charge in [0.15, 0.2) is 0 Å². The predicted molar refractivity (Wildman–Crippen MR) is 113 cm³/mol. The molecule has 0 saturated carbocycles. The van der Waals surface area contributed by atoms with Crippen molar-refractivity contribution in [3.8, 4) is 6.07 Å². The highest BCUT2D eigenvalue weighted by Gasteiger charge is 2.23. The maximum atomic E-state index is 13.1. The molecule has 0 aliphatic carbocycles. The summed E-state index contributed by atoms with van der Waals surface area (Å²) in [7, 11) is 0. The van der Waals surface area contributed by atoms with Crippen molar-refractivity contribution in [1.29, 1.82) is 5.26 Å². The van der Waals surface area contributed by atoms with Crippen molar-refractivity contribution >= 4 is 17.6 Å². The zero-order valence-electron chi connectivity index (χ0n) is 17.2. The summed E-state index contributed by atoms with van der Waals surface area (Å²) in [6.45, 7) is 5.60. The third-order valence-electron chi connectivity index (χ3n) is 5.30. The number of hydrogen-bond donors (Lipinski definition) is 1. The highest BCUT2D eigenvalue weighted by Crippen LogP contribution is 2.23. The molecule has 0 unspecified atom stereocenters. The molecule has 156 valence electrons. The minimum absolute atomic E-state index is 0.159. The largest absolute Gasteiger partial charge is 0.337 e. The van der Waals surface area contributed by atoms with E-state index in [1.165, 1.54) is 24.3 Å². The summed E-state index contributed by atoms with van der Waals surface area (Å²) in [6, 6.07) is 14.8. The first-order valence-corrected chi connectivity index (χ1v) is 9.93. The molecule has 1 fully saturated rings. The van der Waals surface area contributed by atoms with Crippen LogP contribution in [0.4, 0.5) is 14.9 Å². The summed E-state index contributed by atoms with van der Waals surface area (Å²) >= 11 is 0. The van der Waals surface area contributed by atoms with Gasteiger partial charge in [-0.1, -0.05) is 12.1 Å². The molecule has 2 aromatic rings. The van der Waals surface area contributed by atoms with E-state index in [2.05, 4.69) is 11.4 Å². The molecule has 1 heterocycles. The highest BCUT2D eigenvalue weighted by atomic mass is 19.1. The van der Waals surface area contributed by atoms with Gasteiger partial charge in [-0.15, -0.1) is 0 Å². The molecule has 1 aliphatic rings. The summed E-state index contributed by atoms with van der Waals surface area (Å²) in [5.74, 6) is -0.539. The monoisotopic (exact) mass is 408 g/mol. The van der Waals surface area contributed by atoms with Crippen LogP contribution in [0.5, 0.6) is 0 Å². The highest BCUT2D eigenvalue weighted by molar-refractivity contribution is 5.94. The molecule has 30 heavy (non-hydrogen) atoms. The van der Waals surface area contributed by atoms with Gasteiger partial charge >= 0.3 is 6.03 Å². The second kappa shape index (κ2) is 8.95. The van der Waals surface area contributed by atoms with Crippen molar-refractivity contribution in [1.82, 2.24) is 9.80 Å². The number of anilines is 1. The van der Waals surface area contributed by atoms with Gasteiger partial charge < -0.3 is 15.1 Å². The third-order valence-corrected chi connectivity index (χ3v) is 5.30. The van der Waals surface area contributed by atoms with Gasteiger partial charge in [0, 0.05) is 37.4 Å². The van der Waals surface area contributed by atoms with Crippen LogP contribution in [-0.2, 0) is 5.41 Å². The number of nitrogens with one attached hydrogen (secondary N) is 1. The molecule has 1 saturated heterocycles. The number of amides is 3. The Labute approximate surface area is 175 Å². The molecule has 0 spiro atoms. The van der Waals surface area contributed by atoms with Crippen LogP contribution < -0.4 is 5.32 Å². The molecular formula is C23H25FN4O2. The Balaban J connectivity index is 1.58. The maximum absolute atomic E-state index is 13.1. The summed E-state index contributed by atoms with van der Waals surface area (Å²) < 4.78 is 13.1. The van der Waals surface area contributed by atoms with Gasteiger partial charge in [0.25, 0.3) is 5.91 Å². The Morgan fingerprint density at radius 2 is 1.57 bits per heavy atom. The van der Waals surface area contributed by atoms with E-state index in [0.717, 1.165) is 5.56 Å². The van der Waals surface area contributed by atoms with Gasteiger partial charge in [0.05, 0.1) is 11.5 Å². The predicted octanol–water partition coefficient (Wildman–Crippen LogP) is 4.01. The lowest BCUT2D eigenvalue weighted by molar-refractivity contribution is 0.0762. The lowest BCUT2D eigenvalue weighted by Gasteiger charge is -2.23. The molecule has 3 rings (SSSR count). The van der Waals surface area contributed by atoms with Crippen molar-refractivity contribution in [3.63, 3.8) is 0 Å². The Hall–Kier alpha value is -3.40. The number of carbonyl (C=O) groups excluding carboxylic acids is 2. The van der Waals surface area contributed by atoms with Crippen LogP contribution in [0, 0.1) is 17.1 Å². The summed E-state index contributed by atoms with van der Waals surface area (Å²) in [4.78, 5) is 28.7. The summed E-state index contributed by atoms with van der Waals surface area (Å²) in [6.07, 6.45) is 0.662. The Morgan fingerprint density at radius 3 is 2.20 bits per heavy atom. The number of nitriles is 1. The molecule has 0 atom stereocenters. The molecule has 0 radical (unpaired) electrons. The first kappa shape index (κ1) is 21.3. The Morgan fingerprint density at radius 1 is 0.967 bits per heavy atom. The van der Waals surface area contributed by atoms with Crippen molar-refractivity contribution < 1.29 is 14.0 Å². The molecule has 1 N–H and O–H groups in total. The number of urea groups is 1. The molecule has 3 amide bonds. The number of halogens is 1. The lowest BCUT2D eigenvalue weighted by atomic mass is 9.86. The minimum Gasteiger partial charge on any atom is -0.337 e. The molecule has 0 aromatic heterocycles. The van der Waals surface area contributed by atoms with E-state index in [9.17, 15) is 19.2 Å². The Bertz CT molecular complexity index is 949. The van der Waals surface area contributed by atoms with Crippen LogP contribution in [0.1, 0.15) is 36.2 Å². The average Bonchev–Trinajstić information content (AvgIpc) is 3.00. The minimum atomic E-state index is -0.589. The molecule has 1 aliphatic heterocycles. The first-order chi connectivity index (χ1) is 14.3. The van der Waals surface area contributed by atoms with Crippen LogP contribution in [0.2, 0.25) is 0 Å². The Kier molecular flexibility index (Phi) is 6.36. The van der Waals surface area contributed by atoms with Gasteiger partial charge in [-0.3, -0.25) is 4.79 Å². The quantitative estimate of drug-likeness (QED) is 0.834. The van der Waals surface area contributed by atoms with Crippen LogP contribution in [0.15, 0.2) is 48.5 Å². The van der Waals surface area contributed by atoms with Crippen LogP contribution in [0.3, 0.4) is 0 Å². The van der Waals surface area contributed by atoms with Crippen molar-refractivity contribution in [2.24, 2.45) is 0 Å². The fourth-order valence-electron chi connectivity index (χ4n) is 3.34. The zero-order chi connectivity index (χ0) is 21.7. The van der Waals surface area contributed by atoms with Gasteiger partial charge in [0.1, 0.15) is 5.82 Å². The molecule has 6 nitrogen and oxygen atoms in total. The molecule has 2 aromatic carbocycles. The van der Waals surface area contributed by atoms with Crippen molar-refractivity contribution in [3.05, 3.63) is 65.5 Å². The van der Waals surface area contributed by atoms with E-state index in [0.29, 0.717) is 43.9 Å². The van der Waals surface area contributed by atoms with E-state index >= 15 is 0 Å². The van der Waals surface area contributed by atoms with Crippen LogP contribution in [0.25, 0.3) is 0 Å². The maximum Gasteiger partial charge on any atom is 0.321 e. The number of carbonyl (C=O) groups is 2. The van der Waals surface area contributed by atoms with E-state index < -0.39 is 5.41 Å². The summed E-state index contributed by atoms with van der Waals surface area (Å²) in [5.41, 5.74) is 1.39. The van der Waals surface area contributed by atoms with E-state index in [1.54, 1.807) is 21.9 Å². The standard InChI is InChI=1S/C23H25FN4O2/c1-23(2,16-25)18-6-10-20(11-7-18)26-22(30)28-13-3-12-27(14-15-28)21(29)17-4-8-19(24)9-5-17/h4-11H,3,12-15H2,1-2H3,(H,26,30). The topological polar surface area (TPSA) is 76.4 Å². The molecule has 7 heteroatoms. The van der Waals surface area contributed by atoms with E-state index in [-0.39, 0.29) is 17.8 Å². The normalized spacial score (nSPS) is 14.6. The number of nitrogens with zero attached hydrogens (tertiary/aromatic N) is 3. The second-order valence-corrected chi connectivity index (χ2v) is 7.88.